The van der Waals surface area contributed by atoms with E-state index < -0.39 is 0 Å². The molecule has 17 heavy (non-hydrogen) atoms. The maximum atomic E-state index is 9.55. The standard InChI is InChI=1S/C12H11N3OS/c1-6-12(16)17-11(13-6)8-3-4-9-10(5-8)15-7(2)14-9/h3-5,16H,1-2H3,(H,14,15). The molecule has 5 heteroatoms. The van der Waals surface area contributed by atoms with Crippen LogP contribution in [0.1, 0.15) is 11.5 Å². The van der Waals surface area contributed by atoms with Crippen molar-refractivity contribution in [2.75, 3.05) is 0 Å². The first-order valence-corrected chi connectivity index (χ1v) is 6.08. The van der Waals surface area contributed by atoms with Gasteiger partial charge >= 0.3 is 0 Å². The van der Waals surface area contributed by atoms with E-state index in [1.165, 1.54) is 11.3 Å². The maximum Gasteiger partial charge on any atom is 0.195 e. The second kappa shape index (κ2) is 3.56. The molecule has 0 aliphatic rings. The van der Waals surface area contributed by atoms with Crippen molar-refractivity contribution in [1.29, 1.82) is 0 Å². The van der Waals surface area contributed by atoms with Gasteiger partial charge in [0.2, 0.25) is 0 Å². The summed E-state index contributed by atoms with van der Waals surface area (Å²) in [6.07, 6.45) is 0. The van der Waals surface area contributed by atoms with E-state index in [0.717, 1.165) is 27.4 Å². The molecule has 2 aromatic heterocycles. The minimum absolute atomic E-state index is 0.279. The van der Waals surface area contributed by atoms with Crippen LogP contribution in [0.3, 0.4) is 0 Å². The molecular weight excluding hydrogens is 234 g/mol. The molecule has 0 unspecified atom stereocenters. The summed E-state index contributed by atoms with van der Waals surface area (Å²) in [7, 11) is 0. The molecule has 0 amide bonds. The minimum atomic E-state index is 0.279. The zero-order chi connectivity index (χ0) is 12.0. The summed E-state index contributed by atoms with van der Waals surface area (Å²) in [5.74, 6) is 0.898. The van der Waals surface area contributed by atoms with Gasteiger partial charge in [0, 0.05) is 5.56 Å². The van der Waals surface area contributed by atoms with E-state index in [4.69, 9.17) is 0 Å². The number of nitrogens with one attached hydrogen (secondary N) is 1. The predicted molar refractivity (Wildman–Crippen MR) is 68.3 cm³/mol. The number of imidazole rings is 1. The number of benzene rings is 1. The van der Waals surface area contributed by atoms with Crippen LogP contribution in [0.5, 0.6) is 5.06 Å². The van der Waals surface area contributed by atoms with Crippen LogP contribution < -0.4 is 0 Å². The first-order valence-electron chi connectivity index (χ1n) is 5.26. The van der Waals surface area contributed by atoms with E-state index in [1.807, 2.05) is 25.1 Å². The monoisotopic (exact) mass is 245 g/mol. The molecule has 3 rings (SSSR count). The topological polar surface area (TPSA) is 61.8 Å². The number of hydrogen-bond donors (Lipinski definition) is 2. The minimum Gasteiger partial charge on any atom is -0.498 e. The fourth-order valence-corrected chi connectivity index (χ4v) is 2.59. The van der Waals surface area contributed by atoms with Gasteiger partial charge in [0.05, 0.1) is 16.7 Å². The van der Waals surface area contributed by atoms with Gasteiger partial charge in [-0.15, -0.1) is 0 Å². The highest BCUT2D eigenvalue weighted by Crippen LogP contribution is 2.33. The first kappa shape index (κ1) is 10.3. The number of aryl methyl sites for hydroxylation is 2. The van der Waals surface area contributed by atoms with E-state index in [-0.39, 0.29) is 5.06 Å². The number of nitrogens with zero attached hydrogens (tertiary/aromatic N) is 2. The number of aromatic hydroxyl groups is 1. The van der Waals surface area contributed by atoms with Gasteiger partial charge in [-0.05, 0) is 32.0 Å². The molecule has 0 fully saturated rings. The Morgan fingerprint density at radius 1 is 1.24 bits per heavy atom. The Kier molecular flexibility index (Phi) is 2.16. The van der Waals surface area contributed by atoms with Crippen LogP contribution in [0.25, 0.3) is 21.6 Å². The van der Waals surface area contributed by atoms with Crippen molar-refractivity contribution in [2.24, 2.45) is 0 Å². The van der Waals surface area contributed by atoms with Gasteiger partial charge in [-0.3, -0.25) is 0 Å². The largest absolute Gasteiger partial charge is 0.498 e. The summed E-state index contributed by atoms with van der Waals surface area (Å²) in [4.78, 5) is 11.9. The molecule has 0 spiro atoms. The van der Waals surface area contributed by atoms with Crippen LogP contribution in [0.4, 0.5) is 0 Å². The molecule has 4 nitrogen and oxygen atoms in total. The molecule has 2 heterocycles. The van der Waals surface area contributed by atoms with E-state index in [0.29, 0.717) is 5.69 Å². The van der Waals surface area contributed by atoms with Gasteiger partial charge in [0.15, 0.2) is 5.06 Å². The van der Waals surface area contributed by atoms with Crippen LogP contribution in [0, 0.1) is 13.8 Å². The summed E-state index contributed by atoms with van der Waals surface area (Å²) in [6.45, 7) is 3.73. The van der Waals surface area contributed by atoms with Crippen molar-refractivity contribution in [3.8, 4) is 15.6 Å². The highest BCUT2D eigenvalue weighted by molar-refractivity contribution is 7.16. The van der Waals surface area contributed by atoms with Crippen LogP contribution in [0.2, 0.25) is 0 Å². The van der Waals surface area contributed by atoms with Crippen LogP contribution in [0.15, 0.2) is 18.2 Å². The second-order valence-corrected chi connectivity index (χ2v) is 4.94. The number of rotatable bonds is 1. The summed E-state index contributed by atoms with van der Waals surface area (Å²) in [6, 6.07) is 5.94. The Morgan fingerprint density at radius 2 is 2.06 bits per heavy atom. The second-order valence-electron chi connectivity index (χ2n) is 3.96. The quantitative estimate of drug-likeness (QED) is 0.692. The molecule has 86 valence electrons. The van der Waals surface area contributed by atoms with Crippen LogP contribution >= 0.6 is 11.3 Å². The average molecular weight is 245 g/mol. The zero-order valence-electron chi connectivity index (χ0n) is 9.48. The van der Waals surface area contributed by atoms with Gasteiger partial charge in [-0.1, -0.05) is 11.3 Å². The summed E-state index contributed by atoms with van der Waals surface area (Å²) >= 11 is 1.29. The van der Waals surface area contributed by atoms with Crippen LogP contribution in [-0.2, 0) is 0 Å². The van der Waals surface area contributed by atoms with Crippen molar-refractivity contribution < 1.29 is 5.11 Å². The Morgan fingerprint density at radius 3 is 2.76 bits per heavy atom. The van der Waals surface area contributed by atoms with Crippen molar-refractivity contribution in [3.05, 3.63) is 29.7 Å². The van der Waals surface area contributed by atoms with E-state index >= 15 is 0 Å². The molecule has 0 aliphatic heterocycles. The molecule has 0 bridgehead atoms. The van der Waals surface area contributed by atoms with Crippen molar-refractivity contribution in [3.63, 3.8) is 0 Å². The highest BCUT2D eigenvalue weighted by atomic mass is 32.1. The molecule has 0 saturated heterocycles. The van der Waals surface area contributed by atoms with Gasteiger partial charge in [-0.2, -0.15) is 0 Å². The number of aromatic nitrogens is 3. The van der Waals surface area contributed by atoms with Gasteiger partial charge in [0.25, 0.3) is 0 Å². The molecule has 1 aromatic carbocycles. The van der Waals surface area contributed by atoms with E-state index in [2.05, 4.69) is 15.0 Å². The number of aromatic amines is 1. The molecular formula is C12H11N3OS. The fourth-order valence-electron chi connectivity index (χ4n) is 1.78. The van der Waals surface area contributed by atoms with Crippen molar-refractivity contribution in [2.45, 2.75) is 13.8 Å². The Balaban J connectivity index is 2.16. The van der Waals surface area contributed by atoms with Gasteiger partial charge in [-0.25, -0.2) is 9.97 Å². The summed E-state index contributed by atoms with van der Waals surface area (Å²) in [5.41, 5.74) is 3.61. The average Bonchev–Trinajstić information content (AvgIpc) is 2.80. The summed E-state index contributed by atoms with van der Waals surface area (Å²) in [5, 5.41) is 10.7. The smallest absolute Gasteiger partial charge is 0.195 e. The molecule has 2 N–H and O–H groups in total. The number of thiazole rings is 1. The third-order valence-corrected chi connectivity index (χ3v) is 3.63. The van der Waals surface area contributed by atoms with Crippen molar-refractivity contribution >= 4 is 22.4 Å². The molecule has 0 atom stereocenters. The van der Waals surface area contributed by atoms with E-state index in [1.54, 1.807) is 6.92 Å². The normalized spacial score (nSPS) is 11.2. The third-order valence-electron chi connectivity index (χ3n) is 2.62. The van der Waals surface area contributed by atoms with Gasteiger partial charge < -0.3 is 10.1 Å². The number of fused-ring (bicyclic) bond motifs is 1. The summed E-state index contributed by atoms with van der Waals surface area (Å²) < 4.78 is 0. The maximum absolute atomic E-state index is 9.55. The lowest BCUT2D eigenvalue weighted by Crippen LogP contribution is -1.78. The van der Waals surface area contributed by atoms with E-state index in [9.17, 15) is 5.11 Å². The predicted octanol–water partition coefficient (Wildman–Crippen LogP) is 3.01. The van der Waals surface area contributed by atoms with Gasteiger partial charge in [0.1, 0.15) is 10.8 Å². The lowest BCUT2D eigenvalue weighted by Gasteiger charge is -1.95. The molecule has 0 radical (unpaired) electrons. The molecule has 0 aliphatic carbocycles. The molecule has 3 aromatic rings. The van der Waals surface area contributed by atoms with Crippen LogP contribution in [-0.4, -0.2) is 20.1 Å². The SMILES string of the molecule is Cc1nc2ccc(-c3nc(C)c(O)s3)cc2[nH]1. The first-order chi connectivity index (χ1) is 8.13. The Labute approximate surface area is 102 Å². The zero-order valence-corrected chi connectivity index (χ0v) is 10.3. The highest BCUT2D eigenvalue weighted by Gasteiger charge is 2.09. The third kappa shape index (κ3) is 1.68. The lowest BCUT2D eigenvalue weighted by atomic mass is 10.2. The Hall–Kier alpha value is -1.88. The number of hydrogen-bond acceptors (Lipinski definition) is 4. The van der Waals surface area contributed by atoms with Crippen molar-refractivity contribution in [1.82, 2.24) is 15.0 Å². The lowest BCUT2D eigenvalue weighted by molar-refractivity contribution is 0.485. The fraction of sp³-hybridized carbons (Fsp3) is 0.167. The molecule has 0 saturated carbocycles. The number of H-pyrrole nitrogens is 1. The Bertz CT molecular complexity index is 679.